The van der Waals surface area contributed by atoms with E-state index >= 15 is 0 Å². The normalized spacial score (nSPS) is 27.2. The lowest BCUT2D eigenvalue weighted by molar-refractivity contribution is 0.274. The SMILES string of the molecule is CCNC(=NCC1(C)CCCS1)NCCCN1CCCN(C)CC1. The van der Waals surface area contributed by atoms with Gasteiger partial charge in [-0.3, -0.25) is 4.99 Å². The zero-order valence-electron chi connectivity index (χ0n) is 15.9. The van der Waals surface area contributed by atoms with Crippen LogP contribution in [0.15, 0.2) is 4.99 Å². The average molecular weight is 356 g/mol. The molecular weight excluding hydrogens is 318 g/mol. The minimum Gasteiger partial charge on any atom is -0.357 e. The molecule has 2 fully saturated rings. The molecule has 2 aliphatic rings. The summed E-state index contributed by atoms with van der Waals surface area (Å²) in [5.74, 6) is 2.28. The summed E-state index contributed by atoms with van der Waals surface area (Å²) in [7, 11) is 2.23. The third-order valence-corrected chi connectivity index (χ3v) is 6.49. The van der Waals surface area contributed by atoms with Crippen LogP contribution in [0.4, 0.5) is 0 Å². The maximum Gasteiger partial charge on any atom is 0.191 e. The first-order chi connectivity index (χ1) is 11.6. The molecule has 2 saturated heterocycles. The van der Waals surface area contributed by atoms with Crippen molar-refractivity contribution in [3.05, 3.63) is 0 Å². The maximum atomic E-state index is 4.83. The number of hydrogen-bond acceptors (Lipinski definition) is 4. The van der Waals surface area contributed by atoms with E-state index in [0.717, 1.165) is 25.6 Å². The smallest absolute Gasteiger partial charge is 0.191 e. The molecule has 2 aliphatic heterocycles. The summed E-state index contributed by atoms with van der Waals surface area (Å²) in [6.45, 7) is 13.4. The van der Waals surface area contributed by atoms with E-state index in [1.165, 1.54) is 64.2 Å². The molecule has 0 aromatic carbocycles. The summed E-state index contributed by atoms with van der Waals surface area (Å²) in [4.78, 5) is 9.87. The maximum absolute atomic E-state index is 4.83. The van der Waals surface area contributed by atoms with Crippen LogP contribution in [0.1, 0.15) is 39.5 Å². The standard InChI is InChI=1S/C18H37N5S/c1-4-19-17(21-16-18(2)8-5-15-24-18)20-9-6-11-23-12-7-10-22(3)13-14-23/h4-16H2,1-3H3,(H2,19,20,21). The van der Waals surface area contributed by atoms with Crippen molar-refractivity contribution < 1.29 is 0 Å². The van der Waals surface area contributed by atoms with Crippen molar-refractivity contribution in [2.75, 3.05) is 65.2 Å². The Bertz CT molecular complexity index is 382. The zero-order valence-corrected chi connectivity index (χ0v) is 16.8. The van der Waals surface area contributed by atoms with Crippen LogP contribution in [0.3, 0.4) is 0 Å². The van der Waals surface area contributed by atoms with Crippen molar-refractivity contribution in [1.29, 1.82) is 0 Å². The lowest BCUT2D eigenvalue weighted by Gasteiger charge is -2.22. The van der Waals surface area contributed by atoms with Gasteiger partial charge in [0, 0.05) is 30.9 Å². The number of hydrogen-bond donors (Lipinski definition) is 2. The molecule has 24 heavy (non-hydrogen) atoms. The van der Waals surface area contributed by atoms with Gasteiger partial charge in [-0.25, -0.2) is 0 Å². The van der Waals surface area contributed by atoms with E-state index in [0.29, 0.717) is 4.75 Å². The fourth-order valence-corrected chi connectivity index (χ4v) is 4.61. The quantitative estimate of drug-likeness (QED) is 0.414. The number of nitrogens with one attached hydrogen (secondary N) is 2. The Balaban J connectivity index is 1.67. The lowest BCUT2D eigenvalue weighted by Crippen LogP contribution is -2.40. The molecule has 2 heterocycles. The highest BCUT2D eigenvalue weighted by atomic mass is 32.2. The molecule has 0 amide bonds. The first kappa shape index (κ1) is 19.9. The largest absolute Gasteiger partial charge is 0.357 e. The number of guanidine groups is 1. The monoisotopic (exact) mass is 355 g/mol. The first-order valence-corrected chi connectivity index (χ1v) is 10.7. The van der Waals surface area contributed by atoms with Crippen LogP contribution in [0, 0.1) is 0 Å². The van der Waals surface area contributed by atoms with E-state index in [9.17, 15) is 0 Å². The van der Waals surface area contributed by atoms with Gasteiger partial charge in [-0.2, -0.15) is 11.8 Å². The number of thioether (sulfide) groups is 1. The van der Waals surface area contributed by atoms with Gasteiger partial charge in [-0.1, -0.05) is 0 Å². The Morgan fingerprint density at radius 3 is 2.79 bits per heavy atom. The van der Waals surface area contributed by atoms with Gasteiger partial charge in [-0.15, -0.1) is 0 Å². The molecule has 0 spiro atoms. The Labute approximate surface area is 153 Å². The third-order valence-electron chi connectivity index (χ3n) is 4.97. The van der Waals surface area contributed by atoms with Crippen LogP contribution in [0.25, 0.3) is 0 Å². The minimum atomic E-state index is 0.348. The highest BCUT2D eigenvalue weighted by molar-refractivity contribution is 8.00. The van der Waals surface area contributed by atoms with Crippen LogP contribution in [-0.2, 0) is 0 Å². The van der Waals surface area contributed by atoms with Gasteiger partial charge in [0.2, 0.25) is 0 Å². The molecule has 0 bridgehead atoms. The summed E-state index contributed by atoms with van der Waals surface area (Å²) < 4.78 is 0.348. The van der Waals surface area contributed by atoms with E-state index in [1.54, 1.807) is 0 Å². The van der Waals surface area contributed by atoms with Crippen molar-refractivity contribution in [3.63, 3.8) is 0 Å². The number of rotatable bonds is 7. The van der Waals surface area contributed by atoms with Crippen LogP contribution >= 0.6 is 11.8 Å². The minimum absolute atomic E-state index is 0.348. The van der Waals surface area contributed by atoms with E-state index < -0.39 is 0 Å². The molecule has 5 nitrogen and oxygen atoms in total. The van der Waals surface area contributed by atoms with Crippen molar-refractivity contribution >= 4 is 17.7 Å². The second-order valence-corrected chi connectivity index (χ2v) is 9.06. The molecule has 1 unspecified atom stereocenters. The zero-order chi connectivity index (χ0) is 17.3. The van der Waals surface area contributed by atoms with E-state index in [-0.39, 0.29) is 0 Å². The van der Waals surface area contributed by atoms with Gasteiger partial charge in [-0.05, 0) is 72.0 Å². The van der Waals surface area contributed by atoms with E-state index in [4.69, 9.17) is 4.99 Å². The van der Waals surface area contributed by atoms with E-state index in [2.05, 4.69) is 53.1 Å². The predicted octanol–water partition coefficient (Wildman–Crippen LogP) is 1.85. The second kappa shape index (κ2) is 10.5. The van der Waals surface area contributed by atoms with Gasteiger partial charge in [0.1, 0.15) is 0 Å². The fraction of sp³-hybridized carbons (Fsp3) is 0.944. The number of likely N-dealkylation sites (N-methyl/N-ethyl adjacent to an activating group) is 1. The molecule has 0 aromatic heterocycles. The molecule has 140 valence electrons. The molecule has 0 aliphatic carbocycles. The molecule has 6 heteroatoms. The summed E-state index contributed by atoms with van der Waals surface area (Å²) in [5.41, 5.74) is 0. The van der Waals surface area contributed by atoms with Gasteiger partial charge in [0.05, 0.1) is 6.54 Å². The highest BCUT2D eigenvalue weighted by Gasteiger charge is 2.29. The molecule has 0 aromatic rings. The Kier molecular flexibility index (Phi) is 8.70. The topological polar surface area (TPSA) is 42.9 Å². The van der Waals surface area contributed by atoms with Gasteiger partial charge in [0.25, 0.3) is 0 Å². The predicted molar refractivity (Wildman–Crippen MR) is 107 cm³/mol. The average Bonchev–Trinajstić information content (AvgIpc) is 2.89. The lowest BCUT2D eigenvalue weighted by atomic mass is 10.1. The number of aliphatic imine (C=N–C) groups is 1. The molecule has 0 saturated carbocycles. The van der Waals surface area contributed by atoms with Crippen molar-refractivity contribution in [2.45, 2.75) is 44.3 Å². The van der Waals surface area contributed by atoms with Crippen molar-refractivity contribution in [3.8, 4) is 0 Å². The van der Waals surface area contributed by atoms with Crippen LogP contribution in [0.5, 0.6) is 0 Å². The molecule has 2 N–H and O–H groups in total. The number of nitrogens with zero attached hydrogens (tertiary/aromatic N) is 3. The Hall–Kier alpha value is -0.460. The van der Waals surface area contributed by atoms with Crippen LogP contribution < -0.4 is 10.6 Å². The fourth-order valence-electron chi connectivity index (χ4n) is 3.38. The van der Waals surface area contributed by atoms with E-state index in [1.807, 2.05) is 0 Å². The summed E-state index contributed by atoms with van der Waals surface area (Å²) in [5, 5.41) is 6.91. The van der Waals surface area contributed by atoms with Crippen LogP contribution in [-0.4, -0.2) is 85.7 Å². The molecule has 0 radical (unpaired) electrons. The highest BCUT2D eigenvalue weighted by Crippen LogP contribution is 2.37. The summed E-state index contributed by atoms with van der Waals surface area (Å²) >= 11 is 2.08. The summed E-state index contributed by atoms with van der Waals surface area (Å²) in [6.07, 6.45) is 5.11. The first-order valence-electron chi connectivity index (χ1n) is 9.68. The third kappa shape index (κ3) is 7.19. The summed E-state index contributed by atoms with van der Waals surface area (Å²) in [6, 6.07) is 0. The van der Waals surface area contributed by atoms with Crippen LogP contribution in [0.2, 0.25) is 0 Å². The molecule has 2 rings (SSSR count). The molecule has 1 atom stereocenters. The van der Waals surface area contributed by atoms with Crippen molar-refractivity contribution in [2.24, 2.45) is 4.99 Å². The Morgan fingerprint density at radius 2 is 2.04 bits per heavy atom. The molecular formula is C18H37N5S. The van der Waals surface area contributed by atoms with Gasteiger partial charge in [0.15, 0.2) is 5.96 Å². The van der Waals surface area contributed by atoms with Gasteiger partial charge < -0.3 is 20.4 Å². The Morgan fingerprint density at radius 1 is 1.17 bits per heavy atom. The van der Waals surface area contributed by atoms with Gasteiger partial charge >= 0.3 is 0 Å². The van der Waals surface area contributed by atoms with Crippen molar-refractivity contribution in [1.82, 2.24) is 20.4 Å². The second-order valence-electron chi connectivity index (χ2n) is 7.38.